The molecule has 0 atom stereocenters. The molecule has 2 amide bonds. The van der Waals surface area contributed by atoms with Crippen molar-refractivity contribution in [3.05, 3.63) is 90.0 Å². The summed E-state index contributed by atoms with van der Waals surface area (Å²) in [6.45, 7) is 2.39. The van der Waals surface area contributed by atoms with Crippen LogP contribution < -0.4 is 10.1 Å². The van der Waals surface area contributed by atoms with Crippen LogP contribution in [-0.2, 0) is 4.79 Å². The SMILES string of the molecule is O=C(CN1CCN(C(=O)c2ccc(C(=O)O)cc2)CC1)Nc1ccc(Oc2ccccc2)cc1. The average molecular weight is 460 g/mol. The van der Waals surface area contributed by atoms with Gasteiger partial charge in [0.05, 0.1) is 12.1 Å². The molecule has 3 aromatic rings. The molecule has 0 saturated carbocycles. The van der Waals surface area contributed by atoms with Crippen LogP contribution in [0.1, 0.15) is 20.7 Å². The van der Waals surface area contributed by atoms with E-state index < -0.39 is 5.97 Å². The molecule has 1 fully saturated rings. The molecule has 8 nitrogen and oxygen atoms in total. The Labute approximate surface area is 197 Å². The topological polar surface area (TPSA) is 99.2 Å². The first-order valence-electron chi connectivity index (χ1n) is 11.0. The summed E-state index contributed by atoms with van der Waals surface area (Å²) in [6.07, 6.45) is 0. The molecule has 3 aromatic carbocycles. The lowest BCUT2D eigenvalue weighted by Gasteiger charge is -2.34. The van der Waals surface area contributed by atoms with Gasteiger partial charge in [0, 0.05) is 37.4 Å². The molecule has 0 aliphatic carbocycles. The molecular formula is C26H25N3O5. The van der Waals surface area contributed by atoms with Gasteiger partial charge in [0.25, 0.3) is 5.91 Å². The summed E-state index contributed by atoms with van der Waals surface area (Å²) in [5.41, 5.74) is 1.28. The van der Waals surface area contributed by atoms with Gasteiger partial charge in [-0.05, 0) is 60.7 Å². The fraction of sp³-hybridized carbons (Fsp3) is 0.192. The summed E-state index contributed by atoms with van der Waals surface area (Å²) in [4.78, 5) is 39.8. The minimum Gasteiger partial charge on any atom is -0.478 e. The molecule has 174 valence electrons. The van der Waals surface area contributed by atoms with E-state index in [1.54, 1.807) is 29.2 Å². The molecule has 0 unspecified atom stereocenters. The van der Waals surface area contributed by atoms with Crippen LogP contribution in [0.2, 0.25) is 0 Å². The van der Waals surface area contributed by atoms with Crippen LogP contribution in [0.5, 0.6) is 11.5 Å². The third-order valence-electron chi connectivity index (χ3n) is 5.52. The number of piperazine rings is 1. The van der Waals surface area contributed by atoms with Gasteiger partial charge in [0.1, 0.15) is 11.5 Å². The molecule has 8 heteroatoms. The summed E-state index contributed by atoms with van der Waals surface area (Å²) in [6, 6.07) is 22.6. The second kappa shape index (κ2) is 10.6. The summed E-state index contributed by atoms with van der Waals surface area (Å²) in [5, 5.41) is 11.9. The third kappa shape index (κ3) is 5.99. The van der Waals surface area contributed by atoms with E-state index in [0.29, 0.717) is 43.2 Å². The van der Waals surface area contributed by atoms with E-state index in [2.05, 4.69) is 5.32 Å². The number of nitrogens with zero attached hydrogens (tertiary/aromatic N) is 2. The average Bonchev–Trinajstić information content (AvgIpc) is 2.86. The fourth-order valence-electron chi connectivity index (χ4n) is 3.68. The van der Waals surface area contributed by atoms with Gasteiger partial charge in [-0.25, -0.2) is 4.79 Å². The predicted molar refractivity (Wildman–Crippen MR) is 127 cm³/mol. The Hall–Kier alpha value is -4.17. The van der Waals surface area contributed by atoms with Gasteiger partial charge in [0.15, 0.2) is 0 Å². The zero-order valence-corrected chi connectivity index (χ0v) is 18.5. The van der Waals surface area contributed by atoms with E-state index in [4.69, 9.17) is 9.84 Å². The first-order valence-corrected chi connectivity index (χ1v) is 11.0. The molecule has 4 rings (SSSR count). The maximum absolute atomic E-state index is 12.7. The van der Waals surface area contributed by atoms with Gasteiger partial charge >= 0.3 is 5.97 Å². The van der Waals surface area contributed by atoms with E-state index in [0.717, 1.165) is 5.75 Å². The summed E-state index contributed by atoms with van der Waals surface area (Å²) in [5.74, 6) is 0.138. The minimum absolute atomic E-state index is 0.124. The third-order valence-corrected chi connectivity index (χ3v) is 5.52. The zero-order chi connectivity index (χ0) is 23.9. The number of ether oxygens (including phenoxy) is 1. The Morgan fingerprint density at radius 3 is 1.97 bits per heavy atom. The van der Waals surface area contributed by atoms with Crippen LogP contribution in [0.15, 0.2) is 78.9 Å². The van der Waals surface area contributed by atoms with Crippen molar-refractivity contribution < 1.29 is 24.2 Å². The standard InChI is InChI=1S/C26H25N3O5/c30-24(27-21-10-12-23(13-11-21)34-22-4-2-1-3-5-22)18-28-14-16-29(17-15-28)25(31)19-6-8-20(9-7-19)26(32)33/h1-13H,14-18H2,(H,27,30)(H,32,33). The number of anilines is 1. The van der Waals surface area contributed by atoms with Crippen molar-refractivity contribution in [3.63, 3.8) is 0 Å². The van der Waals surface area contributed by atoms with Crippen molar-refractivity contribution in [1.29, 1.82) is 0 Å². The lowest BCUT2D eigenvalue weighted by molar-refractivity contribution is -0.117. The molecule has 0 radical (unpaired) electrons. The monoisotopic (exact) mass is 459 g/mol. The van der Waals surface area contributed by atoms with Gasteiger partial charge in [0.2, 0.25) is 5.91 Å². The lowest BCUT2D eigenvalue weighted by atomic mass is 10.1. The highest BCUT2D eigenvalue weighted by molar-refractivity contribution is 5.96. The van der Waals surface area contributed by atoms with Crippen molar-refractivity contribution in [3.8, 4) is 11.5 Å². The lowest BCUT2D eigenvalue weighted by Crippen LogP contribution is -2.50. The van der Waals surface area contributed by atoms with Crippen LogP contribution in [0.3, 0.4) is 0 Å². The predicted octanol–water partition coefficient (Wildman–Crippen LogP) is 3.57. The van der Waals surface area contributed by atoms with Crippen molar-refractivity contribution in [2.24, 2.45) is 0 Å². The van der Waals surface area contributed by atoms with Gasteiger partial charge in [-0.3, -0.25) is 14.5 Å². The second-order valence-electron chi connectivity index (χ2n) is 7.94. The maximum Gasteiger partial charge on any atom is 0.335 e. The quantitative estimate of drug-likeness (QED) is 0.560. The highest BCUT2D eigenvalue weighted by Gasteiger charge is 2.23. The van der Waals surface area contributed by atoms with Gasteiger partial charge < -0.3 is 20.1 Å². The van der Waals surface area contributed by atoms with Crippen molar-refractivity contribution >= 4 is 23.5 Å². The van der Waals surface area contributed by atoms with Crippen LogP contribution in [0.25, 0.3) is 0 Å². The van der Waals surface area contributed by atoms with E-state index in [9.17, 15) is 14.4 Å². The largest absolute Gasteiger partial charge is 0.478 e. The smallest absolute Gasteiger partial charge is 0.335 e. The number of carbonyl (C=O) groups excluding carboxylic acids is 2. The van der Waals surface area contributed by atoms with E-state index in [1.807, 2.05) is 35.2 Å². The van der Waals surface area contributed by atoms with E-state index in [-0.39, 0.29) is 23.9 Å². The van der Waals surface area contributed by atoms with E-state index >= 15 is 0 Å². The van der Waals surface area contributed by atoms with Gasteiger partial charge in [-0.1, -0.05) is 18.2 Å². The van der Waals surface area contributed by atoms with Crippen molar-refractivity contribution in [2.45, 2.75) is 0 Å². The molecule has 1 aliphatic rings. The first kappa shape index (κ1) is 23.0. The molecule has 0 aromatic heterocycles. The maximum atomic E-state index is 12.7. The number of rotatable bonds is 7. The Morgan fingerprint density at radius 2 is 1.35 bits per heavy atom. The van der Waals surface area contributed by atoms with Crippen LogP contribution in [-0.4, -0.2) is 65.4 Å². The molecule has 1 saturated heterocycles. The number of carboxylic acids is 1. The number of aromatic carboxylic acids is 1. The van der Waals surface area contributed by atoms with Gasteiger partial charge in [-0.15, -0.1) is 0 Å². The zero-order valence-electron chi connectivity index (χ0n) is 18.5. The number of hydrogen-bond acceptors (Lipinski definition) is 5. The molecule has 1 aliphatic heterocycles. The van der Waals surface area contributed by atoms with Crippen molar-refractivity contribution in [1.82, 2.24) is 9.80 Å². The Balaban J connectivity index is 1.22. The Morgan fingerprint density at radius 1 is 0.765 bits per heavy atom. The number of hydrogen-bond donors (Lipinski definition) is 2. The Kier molecular flexibility index (Phi) is 7.19. The minimum atomic E-state index is -1.03. The number of nitrogens with one attached hydrogen (secondary N) is 1. The van der Waals surface area contributed by atoms with Gasteiger partial charge in [-0.2, -0.15) is 0 Å². The Bertz CT molecular complexity index is 1140. The molecule has 0 spiro atoms. The number of carbonyl (C=O) groups is 3. The molecule has 0 bridgehead atoms. The summed E-state index contributed by atoms with van der Waals surface area (Å²) in [7, 11) is 0. The van der Waals surface area contributed by atoms with Crippen LogP contribution in [0, 0.1) is 0 Å². The second-order valence-corrected chi connectivity index (χ2v) is 7.94. The van der Waals surface area contributed by atoms with E-state index in [1.165, 1.54) is 24.3 Å². The van der Waals surface area contributed by atoms with Crippen molar-refractivity contribution in [2.75, 3.05) is 38.0 Å². The number of benzene rings is 3. The normalized spacial score (nSPS) is 13.8. The number of amides is 2. The molecule has 1 heterocycles. The first-order chi connectivity index (χ1) is 16.5. The fourth-order valence-corrected chi connectivity index (χ4v) is 3.68. The molecular weight excluding hydrogens is 434 g/mol. The highest BCUT2D eigenvalue weighted by atomic mass is 16.5. The van der Waals surface area contributed by atoms with Crippen LogP contribution >= 0.6 is 0 Å². The summed E-state index contributed by atoms with van der Waals surface area (Å²) < 4.78 is 5.76. The summed E-state index contributed by atoms with van der Waals surface area (Å²) >= 11 is 0. The number of para-hydroxylation sites is 1. The highest BCUT2D eigenvalue weighted by Crippen LogP contribution is 2.22. The molecule has 2 N–H and O–H groups in total. The molecule has 34 heavy (non-hydrogen) atoms. The number of carboxylic acid groups (broad SMARTS) is 1. The van der Waals surface area contributed by atoms with Crippen LogP contribution in [0.4, 0.5) is 5.69 Å².